The Kier molecular flexibility index (Phi) is 4.96. The molecule has 2 rings (SSSR count). The number of carbonyl (C=O) groups excluding carboxylic acids is 1. The summed E-state index contributed by atoms with van der Waals surface area (Å²) >= 11 is 3.23. The molecule has 0 aliphatic carbocycles. The Morgan fingerprint density at radius 3 is 2.62 bits per heavy atom. The highest BCUT2D eigenvalue weighted by Crippen LogP contribution is 2.26. The first-order chi connectivity index (χ1) is 9.99. The second-order valence-electron chi connectivity index (χ2n) is 4.48. The van der Waals surface area contributed by atoms with Crippen molar-refractivity contribution in [3.63, 3.8) is 0 Å². The average molecular weight is 353 g/mol. The largest absolute Gasteiger partial charge is 0.497 e. The number of halogens is 2. The Labute approximate surface area is 130 Å². The molecule has 0 amide bonds. The number of methoxy groups -OCH3 is 1. The van der Waals surface area contributed by atoms with Crippen LogP contribution in [0.25, 0.3) is 0 Å². The first-order valence-electron chi connectivity index (χ1n) is 6.26. The number of carbonyl (C=O) groups is 1. The number of Topliss-reactive ketones (excluding diaryl/α,β-unsaturated/α-hetero) is 1. The van der Waals surface area contributed by atoms with E-state index in [-0.39, 0.29) is 18.2 Å². The Morgan fingerprint density at radius 2 is 2.00 bits per heavy atom. The molecule has 2 aromatic carbocycles. The lowest BCUT2D eigenvalue weighted by Crippen LogP contribution is -2.02. The van der Waals surface area contributed by atoms with Crippen LogP contribution in [0.15, 0.2) is 40.9 Å². The van der Waals surface area contributed by atoms with Crippen molar-refractivity contribution in [3.05, 3.63) is 57.8 Å². The van der Waals surface area contributed by atoms with Crippen LogP contribution in [0, 0.1) is 5.82 Å². The van der Waals surface area contributed by atoms with Gasteiger partial charge in [-0.15, -0.1) is 0 Å². The number of hydrogen-bond acceptors (Lipinski definition) is 3. The minimum atomic E-state index is -0.347. The molecular weight excluding hydrogens is 339 g/mol. The smallest absolute Gasteiger partial charge is 0.163 e. The Morgan fingerprint density at radius 1 is 1.24 bits per heavy atom. The fourth-order valence-corrected chi connectivity index (χ4v) is 2.41. The van der Waals surface area contributed by atoms with Crippen LogP contribution in [-0.4, -0.2) is 12.9 Å². The van der Waals surface area contributed by atoms with Gasteiger partial charge in [-0.25, -0.2) is 4.39 Å². The molecule has 0 heterocycles. The molecule has 0 N–H and O–H groups in total. The van der Waals surface area contributed by atoms with E-state index < -0.39 is 0 Å². The summed E-state index contributed by atoms with van der Waals surface area (Å²) in [6.45, 7) is 1.62. The molecule has 0 bridgehead atoms. The van der Waals surface area contributed by atoms with Crippen LogP contribution >= 0.6 is 15.9 Å². The molecule has 0 aliphatic heterocycles. The molecule has 2 aromatic rings. The van der Waals surface area contributed by atoms with Crippen molar-refractivity contribution in [1.29, 1.82) is 0 Å². The fraction of sp³-hybridized carbons (Fsp3) is 0.188. The molecule has 0 fully saturated rings. The molecule has 0 saturated carbocycles. The Bertz CT molecular complexity index is 650. The molecule has 0 aromatic heterocycles. The third-order valence-corrected chi connectivity index (χ3v) is 3.34. The van der Waals surface area contributed by atoms with Crippen molar-refractivity contribution in [3.8, 4) is 11.5 Å². The summed E-state index contributed by atoms with van der Waals surface area (Å²) in [6, 6.07) is 9.51. The van der Waals surface area contributed by atoms with Crippen LogP contribution in [0.1, 0.15) is 22.8 Å². The van der Waals surface area contributed by atoms with Gasteiger partial charge in [0.15, 0.2) is 5.78 Å². The van der Waals surface area contributed by atoms with Gasteiger partial charge in [0.1, 0.15) is 23.9 Å². The van der Waals surface area contributed by atoms with Crippen molar-refractivity contribution in [2.75, 3.05) is 7.11 Å². The first-order valence-corrected chi connectivity index (χ1v) is 7.05. The van der Waals surface area contributed by atoms with Gasteiger partial charge >= 0.3 is 0 Å². The Hall–Kier alpha value is -1.88. The third kappa shape index (κ3) is 4.04. The SMILES string of the molecule is COc1ccc(C(C)=O)c(OCc2cc(F)cc(Br)c2)c1. The zero-order valence-corrected chi connectivity index (χ0v) is 13.2. The predicted octanol–water partition coefficient (Wildman–Crippen LogP) is 4.38. The van der Waals surface area contributed by atoms with Crippen molar-refractivity contribution >= 4 is 21.7 Å². The summed E-state index contributed by atoms with van der Waals surface area (Å²) in [5.74, 6) is 0.561. The van der Waals surface area contributed by atoms with Crippen molar-refractivity contribution in [2.45, 2.75) is 13.5 Å². The maximum atomic E-state index is 13.3. The lowest BCUT2D eigenvalue weighted by atomic mass is 10.1. The topological polar surface area (TPSA) is 35.5 Å². The monoisotopic (exact) mass is 352 g/mol. The second-order valence-corrected chi connectivity index (χ2v) is 5.40. The number of hydrogen-bond donors (Lipinski definition) is 0. The van der Waals surface area contributed by atoms with Crippen LogP contribution < -0.4 is 9.47 Å². The van der Waals surface area contributed by atoms with Gasteiger partial charge in [0.25, 0.3) is 0 Å². The van der Waals surface area contributed by atoms with Gasteiger partial charge in [-0.1, -0.05) is 15.9 Å². The van der Waals surface area contributed by atoms with Gasteiger partial charge in [-0.05, 0) is 42.8 Å². The summed E-state index contributed by atoms with van der Waals surface area (Å²) < 4.78 is 24.7. The molecule has 3 nitrogen and oxygen atoms in total. The van der Waals surface area contributed by atoms with E-state index in [4.69, 9.17) is 9.47 Å². The molecule has 0 radical (unpaired) electrons. The lowest BCUT2D eigenvalue weighted by molar-refractivity contribution is 0.101. The van der Waals surface area contributed by atoms with Crippen LogP contribution in [-0.2, 0) is 6.61 Å². The van der Waals surface area contributed by atoms with Crippen LogP contribution in [0.5, 0.6) is 11.5 Å². The third-order valence-electron chi connectivity index (χ3n) is 2.88. The molecule has 0 spiro atoms. The number of ether oxygens (including phenoxy) is 2. The van der Waals surface area contributed by atoms with Crippen molar-refractivity contribution < 1.29 is 18.7 Å². The standard InChI is InChI=1S/C16H14BrFO3/c1-10(19)15-4-3-14(20-2)8-16(15)21-9-11-5-12(17)7-13(18)6-11/h3-8H,9H2,1-2H3. The zero-order chi connectivity index (χ0) is 15.4. The van der Waals surface area contributed by atoms with E-state index in [1.54, 1.807) is 24.3 Å². The van der Waals surface area contributed by atoms with Gasteiger partial charge in [-0.3, -0.25) is 4.79 Å². The quantitative estimate of drug-likeness (QED) is 0.749. The molecular formula is C16H14BrFO3. The highest BCUT2D eigenvalue weighted by atomic mass is 79.9. The van der Waals surface area contributed by atoms with E-state index in [0.717, 1.165) is 0 Å². The summed E-state index contributed by atoms with van der Waals surface area (Å²) in [4.78, 5) is 11.6. The van der Waals surface area contributed by atoms with E-state index in [0.29, 0.717) is 27.1 Å². The molecule has 0 atom stereocenters. The molecule has 21 heavy (non-hydrogen) atoms. The van der Waals surface area contributed by atoms with Gasteiger partial charge in [0.05, 0.1) is 12.7 Å². The maximum Gasteiger partial charge on any atom is 0.163 e. The van der Waals surface area contributed by atoms with Crippen molar-refractivity contribution in [1.82, 2.24) is 0 Å². The molecule has 0 aliphatic rings. The molecule has 0 unspecified atom stereocenters. The molecule has 5 heteroatoms. The maximum absolute atomic E-state index is 13.3. The van der Waals surface area contributed by atoms with Crippen LogP contribution in [0.3, 0.4) is 0 Å². The van der Waals surface area contributed by atoms with Crippen molar-refractivity contribution in [2.24, 2.45) is 0 Å². The van der Waals surface area contributed by atoms with E-state index in [9.17, 15) is 9.18 Å². The summed E-state index contributed by atoms with van der Waals surface area (Å²) in [6.07, 6.45) is 0. The van der Waals surface area contributed by atoms with Crippen LogP contribution in [0.4, 0.5) is 4.39 Å². The summed E-state index contributed by atoms with van der Waals surface area (Å²) in [5.41, 5.74) is 1.13. The van der Waals surface area contributed by atoms with Crippen LogP contribution in [0.2, 0.25) is 0 Å². The van der Waals surface area contributed by atoms with E-state index in [1.807, 2.05) is 0 Å². The number of rotatable bonds is 5. The number of ketones is 1. The normalized spacial score (nSPS) is 10.3. The highest BCUT2D eigenvalue weighted by Gasteiger charge is 2.10. The second kappa shape index (κ2) is 6.72. The lowest BCUT2D eigenvalue weighted by Gasteiger charge is -2.12. The number of benzene rings is 2. The molecule has 110 valence electrons. The summed E-state index contributed by atoms with van der Waals surface area (Å²) in [5, 5.41) is 0. The van der Waals surface area contributed by atoms with E-state index in [1.165, 1.54) is 26.2 Å². The van der Waals surface area contributed by atoms with E-state index >= 15 is 0 Å². The van der Waals surface area contributed by atoms with E-state index in [2.05, 4.69) is 15.9 Å². The van der Waals surface area contributed by atoms with Gasteiger partial charge in [-0.2, -0.15) is 0 Å². The minimum Gasteiger partial charge on any atom is -0.497 e. The summed E-state index contributed by atoms with van der Waals surface area (Å²) in [7, 11) is 1.54. The average Bonchev–Trinajstić information content (AvgIpc) is 2.43. The Balaban J connectivity index is 2.23. The predicted molar refractivity (Wildman–Crippen MR) is 81.4 cm³/mol. The fourth-order valence-electron chi connectivity index (χ4n) is 1.90. The zero-order valence-electron chi connectivity index (χ0n) is 11.7. The van der Waals surface area contributed by atoms with Gasteiger partial charge < -0.3 is 9.47 Å². The molecule has 0 saturated heterocycles. The highest BCUT2D eigenvalue weighted by molar-refractivity contribution is 9.10. The van der Waals surface area contributed by atoms with Gasteiger partial charge in [0.2, 0.25) is 0 Å². The first kappa shape index (κ1) is 15.5. The minimum absolute atomic E-state index is 0.104. The van der Waals surface area contributed by atoms with Gasteiger partial charge in [0, 0.05) is 10.5 Å².